The molecule has 0 bridgehead atoms. The van der Waals surface area contributed by atoms with Gasteiger partial charge in [0.1, 0.15) is 11.6 Å². The molecule has 1 aliphatic rings. The largest absolute Gasteiger partial charge is 0.330 e. The lowest BCUT2D eigenvalue weighted by Gasteiger charge is -2.18. The van der Waals surface area contributed by atoms with Crippen LogP contribution < -0.4 is 5.73 Å². The Balaban J connectivity index is 2.21. The number of hydrogen-bond acceptors (Lipinski definition) is 1. The molecule has 0 aromatic heterocycles. The Morgan fingerprint density at radius 2 is 1.94 bits per heavy atom. The molecule has 2 rings (SSSR count). The van der Waals surface area contributed by atoms with Gasteiger partial charge in [0.15, 0.2) is 0 Å². The van der Waals surface area contributed by atoms with Crippen molar-refractivity contribution in [1.29, 1.82) is 0 Å². The molecule has 1 aliphatic carbocycles. The van der Waals surface area contributed by atoms with Gasteiger partial charge in [-0.15, -0.1) is 0 Å². The Morgan fingerprint density at radius 1 is 1.24 bits per heavy atom. The van der Waals surface area contributed by atoms with Crippen molar-refractivity contribution in [2.24, 2.45) is 17.6 Å². The van der Waals surface area contributed by atoms with Crippen LogP contribution in [-0.4, -0.2) is 6.54 Å². The minimum absolute atomic E-state index is 0.199. The molecular weight excluding hydrogens is 288 g/mol. The molecule has 1 nitrogen and oxygen atoms in total. The predicted molar refractivity (Wildman–Crippen MR) is 67.6 cm³/mol. The maximum atomic E-state index is 13.8. The van der Waals surface area contributed by atoms with Gasteiger partial charge in [-0.25, -0.2) is 8.78 Å². The van der Waals surface area contributed by atoms with Crippen molar-refractivity contribution in [3.05, 3.63) is 33.8 Å². The molecule has 2 N–H and O–H groups in total. The first-order valence-corrected chi connectivity index (χ1v) is 6.75. The standard InChI is InChI=1S/C13H16BrF2N/c14-11-4-5-12(15)10(13(11)16)6-8-2-1-3-9(8)7-17/h4-5,8-9H,1-3,6-7,17H2. The van der Waals surface area contributed by atoms with Crippen LogP contribution in [0.2, 0.25) is 0 Å². The molecule has 0 radical (unpaired) electrons. The summed E-state index contributed by atoms with van der Waals surface area (Å²) in [5, 5.41) is 0. The van der Waals surface area contributed by atoms with Crippen molar-refractivity contribution in [3.63, 3.8) is 0 Å². The Kier molecular flexibility index (Phi) is 4.15. The molecule has 0 heterocycles. The zero-order valence-corrected chi connectivity index (χ0v) is 11.1. The van der Waals surface area contributed by atoms with Gasteiger partial charge in [-0.3, -0.25) is 0 Å². The van der Waals surface area contributed by atoms with Gasteiger partial charge in [0.05, 0.1) is 4.47 Å². The summed E-state index contributed by atoms with van der Waals surface area (Å²) in [7, 11) is 0. The van der Waals surface area contributed by atoms with Gasteiger partial charge in [0.25, 0.3) is 0 Å². The molecule has 2 atom stereocenters. The Morgan fingerprint density at radius 3 is 2.65 bits per heavy atom. The highest BCUT2D eigenvalue weighted by molar-refractivity contribution is 9.10. The molecule has 0 amide bonds. The van der Waals surface area contributed by atoms with Crippen LogP contribution in [0.25, 0.3) is 0 Å². The lowest BCUT2D eigenvalue weighted by molar-refractivity contribution is 0.381. The lowest BCUT2D eigenvalue weighted by Crippen LogP contribution is -2.21. The number of halogens is 3. The van der Waals surface area contributed by atoms with Gasteiger partial charge in [-0.1, -0.05) is 6.42 Å². The van der Waals surface area contributed by atoms with Crippen molar-refractivity contribution < 1.29 is 8.78 Å². The maximum Gasteiger partial charge on any atom is 0.143 e. The van der Waals surface area contributed by atoms with Crippen molar-refractivity contribution in [2.75, 3.05) is 6.54 Å². The Bertz CT molecular complexity index is 409. The molecular formula is C13H16BrF2N. The normalized spacial score (nSPS) is 24.2. The molecule has 0 spiro atoms. The molecule has 0 saturated heterocycles. The fourth-order valence-corrected chi connectivity index (χ4v) is 3.08. The van der Waals surface area contributed by atoms with Crippen LogP contribution in [-0.2, 0) is 6.42 Å². The molecule has 17 heavy (non-hydrogen) atoms. The highest BCUT2D eigenvalue weighted by Crippen LogP contribution is 2.35. The van der Waals surface area contributed by atoms with Gasteiger partial charge in [0.2, 0.25) is 0 Å². The van der Waals surface area contributed by atoms with Crippen LogP contribution in [0.4, 0.5) is 8.78 Å². The fourth-order valence-electron chi connectivity index (χ4n) is 2.71. The third kappa shape index (κ3) is 2.68. The zero-order valence-electron chi connectivity index (χ0n) is 9.56. The summed E-state index contributed by atoms with van der Waals surface area (Å²) in [6.07, 6.45) is 3.68. The van der Waals surface area contributed by atoms with Crippen LogP contribution in [0.15, 0.2) is 16.6 Å². The molecule has 94 valence electrons. The van der Waals surface area contributed by atoms with E-state index in [0.717, 1.165) is 19.3 Å². The summed E-state index contributed by atoms with van der Waals surface area (Å²) in [5.74, 6) is -0.188. The van der Waals surface area contributed by atoms with E-state index in [0.29, 0.717) is 29.3 Å². The minimum atomic E-state index is -0.465. The second-order valence-electron chi connectivity index (χ2n) is 4.71. The molecule has 2 unspecified atom stereocenters. The van der Waals surface area contributed by atoms with E-state index in [2.05, 4.69) is 15.9 Å². The third-order valence-electron chi connectivity index (χ3n) is 3.72. The molecule has 4 heteroatoms. The summed E-state index contributed by atoms with van der Waals surface area (Å²) in [6, 6.07) is 2.72. The molecule has 1 aromatic carbocycles. The molecule has 1 saturated carbocycles. The van der Waals surface area contributed by atoms with Crippen molar-refractivity contribution in [3.8, 4) is 0 Å². The van der Waals surface area contributed by atoms with E-state index in [1.54, 1.807) is 0 Å². The van der Waals surface area contributed by atoms with E-state index < -0.39 is 11.6 Å². The fraction of sp³-hybridized carbons (Fsp3) is 0.538. The SMILES string of the molecule is NCC1CCCC1Cc1c(F)ccc(Br)c1F. The number of hydrogen-bond donors (Lipinski definition) is 1. The third-order valence-corrected chi connectivity index (χ3v) is 4.34. The Hall–Kier alpha value is -0.480. The first kappa shape index (κ1) is 13.0. The smallest absolute Gasteiger partial charge is 0.143 e. The molecule has 1 fully saturated rings. The number of rotatable bonds is 3. The number of nitrogens with two attached hydrogens (primary N) is 1. The molecule has 1 aromatic rings. The monoisotopic (exact) mass is 303 g/mol. The highest BCUT2D eigenvalue weighted by atomic mass is 79.9. The van der Waals surface area contributed by atoms with Crippen molar-refractivity contribution in [1.82, 2.24) is 0 Å². The van der Waals surface area contributed by atoms with E-state index in [9.17, 15) is 8.78 Å². The van der Waals surface area contributed by atoms with Gasteiger partial charge < -0.3 is 5.73 Å². The van der Waals surface area contributed by atoms with Gasteiger partial charge in [-0.05, 0) is 65.7 Å². The van der Waals surface area contributed by atoms with Crippen molar-refractivity contribution in [2.45, 2.75) is 25.7 Å². The predicted octanol–water partition coefficient (Wildman–Crippen LogP) is 3.64. The summed E-state index contributed by atoms with van der Waals surface area (Å²) < 4.78 is 27.8. The van der Waals surface area contributed by atoms with E-state index in [-0.39, 0.29) is 5.56 Å². The summed E-state index contributed by atoms with van der Waals surface area (Å²) in [4.78, 5) is 0. The van der Waals surface area contributed by atoms with E-state index >= 15 is 0 Å². The second kappa shape index (κ2) is 5.44. The van der Waals surface area contributed by atoms with Gasteiger partial charge in [0, 0.05) is 5.56 Å². The van der Waals surface area contributed by atoms with Crippen LogP contribution in [0.1, 0.15) is 24.8 Å². The minimum Gasteiger partial charge on any atom is -0.330 e. The van der Waals surface area contributed by atoms with Crippen LogP contribution >= 0.6 is 15.9 Å². The van der Waals surface area contributed by atoms with E-state index in [4.69, 9.17) is 5.73 Å². The second-order valence-corrected chi connectivity index (χ2v) is 5.57. The topological polar surface area (TPSA) is 26.0 Å². The summed E-state index contributed by atoms with van der Waals surface area (Å²) >= 11 is 3.10. The quantitative estimate of drug-likeness (QED) is 0.848. The summed E-state index contributed by atoms with van der Waals surface area (Å²) in [6.45, 7) is 0.613. The lowest BCUT2D eigenvalue weighted by atomic mass is 9.89. The molecule has 0 aliphatic heterocycles. The maximum absolute atomic E-state index is 13.8. The number of benzene rings is 1. The first-order chi connectivity index (χ1) is 8.13. The van der Waals surface area contributed by atoms with Crippen LogP contribution in [0.5, 0.6) is 0 Å². The van der Waals surface area contributed by atoms with Crippen LogP contribution in [0.3, 0.4) is 0 Å². The average Bonchev–Trinajstić information content (AvgIpc) is 2.77. The Labute approximate surface area is 109 Å². The van der Waals surface area contributed by atoms with Gasteiger partial charge in [-0.2, -0.15) is 0 Å². The summed E-state index contributed by atoms with van der Waals surface area (Å²) in [5.41, 5.74) is 5.89. The first-order valence-electron chi connectivity index (χ1n) is 5.96. The zero-order chi connectivity index (χ0) is 12.4. The van der Waals surface area contributed by atoms with Crippen LogP contribution in [0, 0.1) is 23.5 Å². The van der Waals surface area contributed by atoms with Crippen molar-refractivity contribution >= 4 is 15.9 Å². The van der Waals surface area contributed by atoms with E-state index in [1.807, 2.05) is 0 Å². The average molecular weight is 304 g/mol. The highest BCUT2D eigenvalue weighted by Gasteiger charge is 2.28. The van der Waals surface area contributed by atoms with E-state index in [1.165, 1.54) is 12.1 Å². The van der Waals surface area contributed by atoms with Gasteiger partial charge >= 0.3 is 0 Å².